The van der Waals surface area contributed by atoms with Gasteiger partial charge in [0.15, 0.2) is 0 Å². The van der Waals surface area contributed by atoms with E-state index in [-0.39, 0.29) is 12.1 Å². The van der Waals surface area contributed by atoms with Gasteiger partial charge >= 0.3 is 6.03 Å². The van der Waals surface area contributed by atoms with Gasteiger partial charge in [-0.1, -0.05) is 11.6 Å². The standard InChI is InChI=1S/C16H24ClN3O2/c1-12(11-22-2)18-16(21)19-13-6-7-15(14(17)10-13)20-8-4-3-5-9-20/h6-7,10,12H,3-5,8-9,11H2,1-2H3,(H2,18,19,21). The van der Waals surface area contributed by atoms with Crippen LogP contribution in [0.5, 0.6) is 0 Å². The second kappa shape index (κ2) is 8.25. The Labute approximate surface area is 137 Å². The van der Waals surface area contributed by atoms with E-state index >= 15 is 0 Å². The van der Waals surface area contributed by atoms with Gasteiger partial charge in [0.05, 0.1) is 23.4 Å². The summed E-state index contributed by atoms with van der Waals surface area (Å²) >= 11 is 6.37. The Morgan fingerprint density at radius 3 is 2.73 bits per heavy atom. The number of piperidine rings is 1. The van der Waals surface area contributed by atoms with Crippen molar-refractivity contribution >= 4 is 29.0 Å². The molecule has 1 aromatic carbocycles. The molecule has 0 aliphatic carbocycles. The number of halogens is 1. The minimum absolute atomic E-state index is 0.0481. The van der Waals surface area contributed by atoms with Crippen molar-refractivity contribution in [3.05, 3.63) is 23.2 Å². The average Bonchev–Trinajstić information content (AvgIpc) is 2.48. The van der Waals surface area contributed by atoms with E-state index in [1.807, 2.05) is 19.1 Å². The highest BCUT2D eigenvalue weighted by Crippen LogP contribution is 2.30. The van der Waals surface area contributed by atoms with E-state index in [1.54, 1.807) is 13.2 Å². The Morgan fingerprint density at radius 2 is 2.09 bits per heavy atom. The predicted octanol–water partition coefficient (Wildman–Crippen LogP) is 3.49. The summed E-state index contributed by atoms with van der Waals surface area (Å²) in [6.07, 6.45) is 3.69. The van der Waals surface area contributed by atoms with Gasteiger partial charge in [-0.2, -0.15) is 0 Å². The fraction of sp³-hybridized carbons (Fsp3) is 0.562. The van der Waals surface area contributed by atoms with Crippen LogP contribution in [-0.2, 0) is 4.74 Å². The lowest BCUT2D eigenvalue weighted by Gasteiger charge is -2.29. The molecule has 1 aromatic rings. The maximum Gasteiger partial charge on any atom is 0.319 e. The molecule has 1 aliphatic rings. The molecule has 0 radical (unpaired) electrons. The highest BCUT2D eigenvalue weighted by Gasteiger charge is 2.14. The molecule has 1 heterocycles. The first kappa shape index (κ1) is 16.9. The summed E-state index contributed by atoms with van der Waals surface area (Å²) in [5.74, 6) is 0. The van der Waals surface area contributed by atoms with Crippen LogP contribution in [0, 0.1) is 0 Å². The molecule has 1 aliphatic heterocycles. The summed E-state index contributed by atoms with van der Waals surface area (Å²) in [5.41, 5.74) is 1.73. The molecule has 5 nitrogen and oxygen atoms in total. The number of amides is 2. The van der Waals surface area contributed by atoms with Crippen molar-refractivity contribution in [3.8, 4) is 0 Å². The minimum Gasteiger partial charge on any atom is -0.383 e. The molecule has 6 heteroatoms. The number of carbonyl (C=O) groups excluding carboxylic acids is 1. The number of methoxy groups -OCH3 is 1. The van der Waals surface area contributed by atoms with Crippen molar-refractivity contribution < 1.29 is 9.53 Å². The zero-order chi connectivity index (χ0) is 15.9. The van der Waals surface area contributed by atoms with Crippen molar-refractivity contribution in [1.29, 1.82) is 0 Å². The SMILES string of the molecule is COCC(C)NC(=O)Nc1ccc(N2CCCCC2)c(Cl)c1. The lowest BCUT2D eigenvalue weighted by Crippen LogP contribution is -2.38. The summed E-state index contributed by atoms with van der Waals surface area (Å²) in [6.45, 7) is 4.45. The lowest BCUT2D eigenvalue weighted by molar-refractivity contribution is 0.173. The van der Waals surface area contributed by atoms with Gasteiger partial charge in [-0.15, -0.1) is 0 Å². The van der Waals surface area contributed by atoms with E-state index in [1.165, 1.54) is 19.3 Å². The third-order valence-electron chi connectivity index (χ3n) is 3.70. The normalized spacial score (nSPS) is 16.2. The molecule has 1 saturated heterocycles. The third kappa shape index (κ3) is 4.78. The number of anilines is 2. The van der Waals surface area contributed by atoms with Crippen LogP contribution in [0.2, 0.25) is 5.02 Å². The number of hydrogen-bond donors (Lipinski definition) is 2. The van der Waals surface area contributed by atoms with Gasteiger partial charge < -0.3 is 20.3 Å². The summed E-state index contributed by atoms with van der Waals surface area (Å²) in [6, 6.07) is 5.35. The Morgan fingerprint density at radius 1 is 1.36 bits per heavy atom. The number of benzene rings is 1. The van der Waals surface area contributed by atoms with Crippen LogP contribution in [-0.4, -0.2) is 38.9 Å². The molecule has 2 rings (SSSR count). The topological polar surface area (TPSA) is 53.6 Å². The van der Waals surface area contributed by atoms with Gasteiger partial charge in [-0.05, 0) is 44.4 Å². The number of rotatable bonds is 5. The number of carbonyl (C=O) groups is 1. The molecule has 0 bridgehead atoms. The smallest absolute Gasteiger partial charge is 0.319 e. The summed E-state index contributed by atoms with van der Waals surface area (Å²) < 4.78 is 4.99. The molecule has 0 spiro atoms. The Bertz CT molecular complexity index is 504. The number of urea groups is 1. The van der Waals surface area contributed by atoms with Crippen molar-refractivity contribution in [2.75, 3.05) is 37.0 Å². The van der Waals surface area contributed by atoms with Gasteiger partial charge in [-0.25, -0.2) is 4.79 Å². The van der Waals surface area contributed by atoms with Crippen LogP contribution in [0.3, 0.4) is 0 Å². The molecule has 0 saturated carbocycles. The number of nitrogens with zero attached hydrogens (tertiary/aromatic N) is 1. The fourth-order valence-corrected chi connectivity index (χ4v) is 2.96. The van der Waals surface area contributed by atoms with Crippen molar-refractivity contribution in [1.82, 2.24) is 5.32 Å². The summed E-state index contributed by atoms with van der Waals surface area (Å²) in [4.78, 5) is 14.2. The first-order valence-electron chi connectivity index (χ1n) is 7.71. The molecule has 1 fully saturated rings. The fourth-order valence-electron chi connectivity index (χ4n) is 2.66. The molecular formula is C16H24ClN3O2. The number of hydrogen-bond acceptors (Lipinski definition) is 3. The van der Waals surface area contributed by atoms with E-state index in [0.29, 0.717) is 17.3 Å². The Hall–Kier alpha value is -1.46. The zero-order valence-electron chi connectivity index (χ0n) is 13.2. The molecule has 2 N–H and O–H groups in total. The van der Waals surface area contributed by atoms with Crippen molar-refractivity contribution in [2.24, 2.45) is 0 Å². The highest BCUT2D eigenvalue weighted by molar-refractivity contribution is 6.33. The van der Waals surface area contributed by atoms with Crippen LogP contribution < -0.4 is 15.5 Å². The van der Waals surface area contributed by atoms with E-state index in [9.17, 15) is 4.79 Å². The monoisotopic (exact) mass is 325 g/mol. The van der Waals surface area contributed by atoms with E-state index in [0.717, 1.165) is 18.8 Å². The maximum absolute atomic E-state index is 11.9. The zero-order valence-corrected chi connectivity index (χ0v) is 13.9. The number of nitrogens with one attached hydrogen (secondary N) is 2. The third-order valence-corrected chi connectivity index (χ3v) is 4.00. The van der Waals surface area contributed by atoms with Crippen molar-refractivity contribution in [2.45, 2.75) is 32.2 Å². The number of ether oxygens (including phenoxy) is 1. The lowest BCUT2D eigenvalue weighted by atomic mass is 10.1. The van der Waals surface area contributed by atoms with Gasteiger partial charge in [0.25, 0.3) is 0 Å². The molecule has 22 heavy (non-hydrogen) atoms. The van der Waals surface area contributed by atoms with E-state index in [4.69, 9.17) is 16.3 Å². The predicted molar refractivity (Wildman–Crippen MR) is 91.0 cm³/mol. The maximum atomic E-state index is 11.9. The summed E-state index contributed by atoms with van der Waals surface area (Å²) in [5, 5.41) is 6.26. The minimum atomic E-state index is -0.258. The van der Waals surface area contributed by atoms with E-state index < -0.39 is 0 Å². The second-order valence-electron chi connectivity index (χ2n) is 5.67. The van der Waals surface area contributed by atoms with Crippen LogP contribution in [0.4, 0.5) is 16.2 Å². The van der Waals surface area contributed by atoms with Gasteiger partial charge in [0.2, 0.25) is 0 Å². The molecular weight excluding hydrogens is 302 g/mol. The van der Waals surface area contributed by atoms with Gasteiger partial charge in [-0.3, -0.25) is 0 Å². The molecule has 0 aromatic heterocycles. The quantitative estimate of drug-likeness (QED) is 0.871. The van der Waals surface area contributed by atoms with Crippen LogP contribution >= 0.6 is 11.6 Å². The Balaban J connectivity index is 1.95. The highest BCUT2D eigenvalue weighted by atomic mass is 35.5. The molecule has 1 unspecified atom stereocenters. The van der Waals surface area contributed by atoms with E-state index in [2.05, 4.69) is 15.5 Å². The first-order chi connectivity index (χ1) is 10.6. The van der Waals surface area contributed by atoms with Gasteiger partial charge in [0.1, 0.15) is 0 Å². The second-order valence-corrected chi connectivity index (χ2v) is 6.08. The van der Waals surface area contributed by atoms with Crippen LogP contribution in [0.25, 0.3) is 0 Å². The molecule has 122 valence electrons. The molecule has 2 amide bonds. The van der Waals surface area contributed by atoms with Crippen molar-refractivity contribution in [3.63, 3.8) is 0 Å². The Kier molecular flexibility index (Phi) is 6.34. The largest absolute Gasteiger partial charge is 0.383 e. The first-order valence-corrected chi connectivity index (χ1v) is 8.09. The summed E-state index contributed by atoms with van der Waals surface area (Å²) in [7, 11) is 1.61. The average molecular weight is 326 g/mol. The van der Waals surface area contributed by atoms with Gasteiger partial charge in [0, 0.05) is 25.9 Å². The van der Waals surface area contributed by atoms with Crippen LogP contribution in [0.15, 0.2) is 18.2 Å². The van der Waals surface area contributed by atoms with Crippen LogP contribution in [0.1, 0.15) is 26.2 Å². The molecule has 1 atom stereocenters.